The molecule has 0 spiro atoms. The topological polar surface area (TPSA) is 49.4 Å². The van der Waals surface area contributed by atoms with Gasteiger partial charge in [-0.2, -0.15) is 0 Å². The molecule has 3 amide bonds. The first kappa shape index (κ1) is 11.6. The second kappa shape index (κ2) is 4.95. The molecule has 0 atom stereocenters. The van der Waals surface area contributed by atoms with Gasteiger partial charge in [-0.1, -0.05) is 12.1 Å². The number of amides is 3. The van der Waals surface area contributed by atoms with Crippen molar-refractivity contribution in [3.63, 3.8) is 0 Å². The summed E-state index contributed by atoms with van der Waals surface area (Å²) in [6.45, 7) is 0.919. The van der Waals surface area contributed by atoms with Crippen LogP contribution in [-0.2, 0) is 11.2 Å². The largest absolute Gasteiger partial charge is 0.324 e. The van der Waals surface area contributed by atoms with Crippen LogP contribution in [0.25, 0.3) is 0 Å². The number of imide groups is 1. The van der Waals surface area contributed by atoms with E-state index >= 15 is 0 Å². The third-order valence-corrected chi connectivity index (χ3v) is 2.70. The minimum Gasteiger partial charge on any atom is -0.324 e. The van der Waals surface area contributed by atoms with Crippen LogP contribution in [0.4, 0.5) is 9.18 Å². The van der Waals surface area contributed by atoms with Crippen LogP contribution in [0.5, 0.6) is 0 Å². The number of carbonyl (C=O) groups is 2. The highest BCUT2D eigenvalue weighted by atomic mass is 19.1. The first-order valence-corrected chi connectivity index (χ1v) is 5.48. The standard InChI is InChI=1S/C12H13FN2O2/c13-10-3-1-2-9(8-10)4-6-15-7-5-11(16)14-12(15)17/h1-3,8H,4-7H2,(H,14,16,17). The van der Waals surface area contributed by atoms with Crippen molar-refractivity contribution in [2.24, 2.45) is 0 Å². The summed E-state index contributed by atoms with van der Waals surface area (Å²) < 4.78 is 12.9. The van der Waals surface area contributed by atoms with Gasteiger partial charge in [0.1, 0.15) is 5.82 Å². The van der Waals surface area contributed by atoms with Gasteiger partial charge >= 0.3 is 6.03 Å². The van der Waals surface area contributed by atoms with E-state index in [-0.39, 0.29) is 17.8 Å². The number of carbonyl (C=O) groups excluding carboxylic acids is 2. The van der Waals surface area contributed by atoms with E-state index in [1.807, 2.05) is 6.07 Å². The van der Waals surface area contributed by atoms with E-state index in [4.69, 9.17) is 0 Å². The Hall–Kier alpha value is -1.91. The maximum atomic E-state index is 12.9. The number of nitrogens with one attached hydrogen (secondary N) is 1. The zero-order chi connectivity index (χ0) is 12.3. The maximum Gasteiger partial charge on any atom is 0.324 e. The van der Waals surface area contributed by atoms with Crippen LogP contribution in [0.2, 0.25) is 0 Å². The molecule has 1 aromatic carbocycles. The lowest BCUT2D eigenvalue weighted by Crippen LogP contribution is -2.49. The Morgan fingerprint density at radius 2 is 2.18 bits per heavy atom. The van der Waals surface area contributed by atoms with Crippen molar-refractivity contribution >= 4 is 11.9 Å². The normalized spacial score (nSPS) is 15.9. The smallest absolute Gasteiger partial charge is 0.324 e. The number of halogens is 1. The SMILES string of the molecule is O=C1CCN(CCc2cccc(F)c2)C(=O)N1. The summed E-state index contributed by atoms with van der Waals surface area (Å²) in [5.74, 6) is -0.516. The molecule has 0 radical (unpaired) electrons. The summed E-state index contributed by atoms with van der Waals surface area (Å²) in [6, 6.07) is 5.93. The molecule has 1 aromatic rings. The molecule has 1 fully saturated rings. The summed E-state index contributed by atoms with van der Waals surface area (Å²) in [4.78, 5) is 23.9. The molecule has 2 rings (SSSR count). The van der Waals surface area contributed by atoms with Gasteiger partial charge in [-0.25, -0.2) is 9.18 Å². The molecule has 5 heteroatoms. The van der Waals surface area contributed by atoms with E-state index < -0.39 is 0 Å². The molecule has 1 saturated heterocycles. The molecule has 1 aliphatic heterocycles. The monoisotopic (exact) mass is 236 g/mol. The van der Waals surface area contributed by atoms with Gasteiger partial charge in [0.05, 0.1) is 0 Å². The Morgan fingerprint density at radius 1 is 1.35 bits per heavy atom. The minimum atomic E-state index is -0.363. The molecule has 90 valence electrons. The van der Waals surface area contributed by atoms with Crippen molar-refractivity contribution < 1.29 is 14.0 Å². The van der Waals surface area contributed by atoms with Crippen LogP contribution >= 0.6 is 0 Å². The first-order chi connectivity index (χ1) is 8.15. The third-order valence-electron chi connectivity index (χ3n) is 2.70. The molecule has 0 bridgehead atoms. The molecule has 1 heterocycles. The minimum absolute atomic E-state index is 0.239. The summed E-state index contributed by atoms with van der Waals surface area (Å²) in [5.41, 5.74) is 0.842. The van der Waals surface area contributed by atoms with Crippen LogP contribution in [0.1, 0.15) is 12.0 Å². The number of urea groups is 1. The summed E-state index contributed by atoms with van der Waals surface area (Å²) in [5, 5.41) is 2.25. The van der Waals surface area contributed by atoms with Gasteiger partial charge in [-0.15, -0.1) is 0 Å². The third kappa shape index (κ3) is 3.03. The highest BCUT2D eigenvalue weighted by Crippen LogP contribution is 2.07. The van der Waals surface area contributed by atoms with Crippen molar-refractivity contribution in [3.8, 4) is 0 Å². The van der Waals surface area contributed by atoms with Gasteiger partial charge in [-0.05, 0) is 24.1 Å². The van der Waals surface area contributed by atoms with Crippen molar-refractivity contribution in [1.82, 2.24) is 10.2 Å². The summed E-state index contributed by atoms with van der Waals surface area (Å²) >= 11 is 0. The molecule has 0 aliphatic carbocycles. The average Bonchev–Trinajstić information content (AvgIpc) is 2.28. The van der Waals surface area contributed by atoms with Crippen molar-refractivity contribution in [2.45, 2.75) is 12.8 Å². The fourth-order valence-corrected chi connectivity index (χ4v) is 1.77. The highest BCUT2D eigenvalue weighted by Gasteiger charge is 2.22. The van der Waals surface area contributed by atoms with E-state index in [0.717, 1.165) is 5.56 Å². The quantitative estimate of drug-likeness (QED) is 0.860. The first-order valence-electron chi connectivity index (χ1n) is 5.48. The van der Waals surface area contributed by atoms with Crippen molar-refractivity contribution in [2.75, 3.05) is 13.1 Å². The fourth-order valence-electron chi connectivity index (χ4n) is 1.77. The van der Waals surface area contributed by atoms with E-state index in [1.165, 1.54) is 12.1 Å². The lowest BCUT2D eigenvalue weighted by molar-refractivity contribution is -0.121. The molecule has 4 nitrogen and oxygen atoms in total. The van der Waals surface area contributed by atoms with E-state index in [1.54, 1.807) is 11.0 Å². The number of benzene rings is 1. The zero-order valence-corrected chi connectivity index (χ0v) is 9.28. The van der Waals surface area contributed by atoms with Crippen molar-refractivity contribution in [3.05, 3.63) is 35.6 Å². The maximum absolute atomic E-state index is 12.9. The van der Waals surface area contributed by atoms with E-state index in [2.05, 4.69) is 5.32 Å². The van der Waals surface area contributed by atoms with Gasteiger partial charge in [0.2, 0.25) is 5.91 Å². The predicted molar refractivity (Wildman–Crippen MR) is 59.8 cm³/mol. The number of hydrogen-bond acceptors (Lipinski definition) is 2. The predicted octanol–water partition coefficient (Wildman–Crippen LogP) is 1.31. The van der Waals surface area contributed by atoms with Crippen LogP contribution in [0, 0.1) is 5.82 Å². The van der Waals surface area contributed by atoms with Gasteiger partial charge in [0, 0.05) is 19.5 Å². The second-order valence-corrected chi connectivity index (χ2v) is 3.97. The molecule has 17 heavy (non-hydrogen) atoms. The lowest BCUT2D eigenvalue weighted by Gasteiger charge is -2.26. The number of rotatable bonds is 3. The van der Waals surface area contributed by atoms with E-state index in [0.29, 0.717) is 25.9 Å². The number of hydrogen-bond donors (Lipinski definition) is 1. The molecule has 0 unspecified atom stereocenters. The molecule has 0 aromatic heterocycles. The summed E-state index contributed by atoms with van der Waals surface area (Å²) in [6.07, 6.45) is 0.911. The van der Waals surface area contributed by atoms with Gasteiger partial charge in [0.25, 0.3) is 0 Å². The Labute approximate surface area is 98.4 Å². The molecular formula is C12H13FN2O2. The van der Waals surface area contributed by atoms with Gasteiger partial charge in [-0.3, -0.25) is 10.1 Å². The molecular weight excluding hydrogens is 223 g/mol. The average molecular weight is 236 g/mol. The Kier molecular flexibility index (Phi) is 3.37. The molecule has 1 aliphatic rings. The number of nitrogens with zero attached hydrogens (tertiary/aromatic N) is 1. The van der Waals surface area contributed by atoms with Gasteiger partial charge in [0.15, 0.2) is 0 Å². The second-order valence-electron chi connectivity index (χ2n) is 3.97. The zero-order valence-electron chi connectivity index (χ0n) is 9.28. The van der Waals surface area contributed by atoms with Crippen LogP contribution < -0.4 is 5.32 Å². The Balaban J connectivity index is 1.90. The lowest BCUT2D eigenvalue weighted by atomic mass is 10.1. The summed E-state index contributed by atoms with van der Waals surface area (Å²) in [7, 11) is 0. The van der Waals surface area contributed by atoms with E-state index in [9.17, 15) is 14.0 Å². The van der Waals surface area contributed by atoms with Gasteiger partial charge < -0.3 is 4.90 Å². The Bertz CT molecular complexity index is 448. The molecule has 0 saturated carbocycles. The van der Waals surface area contributed by atoms with Crippen LogP contribution in [0.15, 0.2) is 24.3 Å². The van der Waals surface area contributed by atoms with Crippen LogP contribution in [0.3, 0.4) is 0 Å². The fraction of sp³-hybridized carbons (Fsp3) is 0.333. The van der Waals surface area contributed by atoms with Crippen molar-refractivity contribution in [1.29, 1.82) is 0 Å². The molecule has 1 N–H and O–H groups in total. The van der Waals surface area contributed by atoms with Crippen LogP contribution in [-0.4, -0.2) is 29.9 Å². The Morgan fingerprint density at radius 3 is 2.88 bits per heavy atom. The highest BCUT2D eigenvalue weighted by molar-refractivity contribution is 5.96.